The van der Waals surface area contributed by atoms with Crippen LogP contribution < -0.4 is 20.5 Å². The number of nitrogens with zero attached hydrogens (tertiary/aromatic N) is 3. The summed E-state index contributed by atoms with van der Waals surface area (Å²) in [6.07, 6.45) is -7.37. The van der Waals surface area contributed by atoms with E-state index in [2.05, 4.69) is 29.5 Å². The van der Waals surface area contributed by atoms with Crippen LogP contribution >= 0.6 is 69.6 Å². The second kappa shape index (κ2) is 56.1. The summed E-state index contributed by atoms with van der Waals surface area (Å²) < 4.78 is 131. The zero-order valence-electron chi connectivity index (χ0n) is 70.4. The van der Waals surface area contributed by atoms with Crippen LogP contribution in [0.4, 0.5) is 0 Å². The van der Waals surface area contributed by atoms with Crippen molar-refractivity contribution in [1.29, 1.82) is 0 Å². The smallest absolute Gasteiger partial charge is 0.335 e. The lowest BCUT2D eigenvalue weighted by Crippen LogP contribution is -2.46. The quantitative estimate of drug-likeness (QED) is 0.0164. The number of rotatable bonds is 50. The predicted molar refractivity (Wildman–Crippen MR) is 475 cm³/mol. The third-order valence-corrected chi connectivity index (χ3v) is 25.9. The van der Waals surface area contributed by atoms with E-state index in [1.54, 1.807) is 72.8 Å². The lowest BCUT2D eigenvalue weighted by molar-refractivity contribution is -0.165. The minimum atomic E-state index is -3.78. The number of hydrogen-bond acceptors (Lipinski definition) is 27. The number of likely N-dealkylation sites (N-methyl/N-ethyl adjacent to an activating group) is 3. The number of hydrogen-bond donors (Lipinski definition) is 10. The normalized spacial score (nSPS) is 16.4. The van der Waals surface area contributed by atoms with Gasteiger partial charge in [0.1, 0.15) is 6.10 Å². The van der Waals surface area contributed by atoms with E-state index in [1.807, 2.05) is 71.4 Å². The molecule has 0 radical (unpaired) electrons. The minimum Gasteiger partial charge on any atom is -0.479 e. The number of aliphatic hydroxyl groups excluding tert-OH is 4. The zero-order valence-corrected chi connectivity index (χ0v) is 77.4. The monoisotopic (exact) mass is 1930 g/mol. The molecule has 0 aliphatic carbocycles. The molecule has 6 aromatic rings. The first-order valence-electron chi connectivity index (χ1n) is 40.4. The molecule has 7 atom stereocenters. The number of amides is 1. The number of benzene rings is 6. The summed E-state index contributed by atoms with van der Waals surface area (Å²) in [6.45, 7) is 15.6. The molecule has 3 aliphatic heterocycles. The van der Waals surface area contributed by atoms with Gasteiger partial charge in [0.05, 0.1) is 113 Å². The van der Waals surface area contributed by atoms with Gasteiger partial charge >= 0.3 is 11.9 Å². The molecule has 41 heteroatoms. The average molecular weight is 1930 g/mol. The molecule has 0 saturated heterocycles. The maximum Gasteiger partial charge on any atom is 0.335 e. The standard InChI is InChI=1S/C33H47Cl2N3O10S.C24H33Cl2N3O5S.C23H29Cl2NO4S.C4H6O6/c1-3-45-11-5-8-30(39)31(40)32(41)33(42)36-9-12-46-14-16-48-17-15-47-13-10-37-49(43,44)25-7-4-6-23(18-25)27-21-38(2)22-28-26(27)19-24(34)20-29(28)35;1-29-16-22(21-14-19(25)15-24(26)23(21)17-29)18-3-2-4-20(13-18)35(30,31)28-6-8-33-10-12-34-11-9-32-7-5-27;1-3-29-9-10-30-8-5-11-31(27,28)19-7-4-6-17(12-19)21-15-26(2)16-22-20(21)13-18(24)14-23(22)25;5-1(3(7)8)2(6)4(9)10/h4,6-7,18-20,27,31-32,37,40-41H,3,5,8-17,21-22H2,1-2H3,(H,36,42);2-4,13-15,22,28H,5-12,16-17,27H2,1H3;4,6-7,12-14,21H,3,5,8-11,15-16H2,1-2H3;1-2,5-6H,(H,7,8)(H,9,10)/t27-,31+,32-;22-;21-;1-,2-/m0000/s1. The molecule has 0 aromatic heterocycles. The van der Waals surface area contributed by atoms with Gasteiger partial charge in [-0.05, 0) is 171 Å². The Morgan fingerprint density at radius 2 is 0.752 bits per heavy atom. The van der Waals surface area contributed by atoms with Gasteiger partial charge < -0.3 is 99.0 Å². The Bertz CT molecular complexity index is 4730. The highest BCUT2D eigenvalue weighted by atomic mass is 35.5. The number of halogens is 6. The van der Waals surface area contributed by atoms with E-state index in [0.717, 1.165) is 69.7 Å². The molecule has 125 heavy (non-hydrogen) atoms. The Balaban J connectivity index is 0.000000281. The third-order valence-electron chi connectivity index (χ3n) is 19.5. The fourth-order valence-corrected chi connectivity index (χ4v) is 18.5. The number of Topliss-reactive ketones (excluding diaryl/α,β-unsaturated/α-hetero) is 1. The van der Waals surface area contributed by atoms with Crippen LogP contribution in [0.5, 0.6) is 0 Å². The number of carbonyl (C=O) groups excluding carboxylic acids is 2. The first-order valence-corrected chi connectivity index (χ1v) is 47.3. The summed E-state index contributed by atoms with van der Waals surface area (Å²) in [5, 5.41) is 58.3. The van der Waals surface area contributed by atoms with Crippen molar-refractivity contribution in [2.24, 2.45) is 5.73 Å². The van der Waals surface area contributed by atoms with Crippen molar-refractivity contribution in [3.8, 4) is 0 Å². The van der Waals surface area contributed by atoms with Crippen molar-refractivity contribution < 1.29 is 118 Å². The third kappa shape index (κ3) is 36.5. The second-order valence-electron chi connectivity index (χ2n) is 29.1. The average Bonchev–Trinajstić information content (AvgIpc) is 0.780. The van der Waals surface area contributed by atoms with E-state index in [4.69, 9.17) is 138 Å². The van der Waals surface area contributed by atoms with Crippen LogP contribution in [0.25, 0.3) is 0 Å². The fraction of sp³-hybridized carbons (Fsp3) is 0.524. The topological polar surface area (TPSA) is 447 Å². The van der Waals surface area contributed by atoms with Gasteiger partial charge in [-0.3, -0.25) is 9.59 Å². The molecule has 1 amide bonds. The van der Waals surface area contributed by atoms with E-state index >= 15 is 0 Å². The number of aliphatic hydroxyl groups is 4. The van der Waals surface area contributed by atoms with Crippen molar-refractivity contribution >= 4 is 123 Å². The molecule has 11 N–H and O–H groups in total. The number of sulfone groups is 1. The summed E-state index contributed by atoms with van der Waals surface area (Å²) in [6, 6.07) is 32.1. The zero-order chi connectivity index (χ0) is 91.8. The number of sulfonamides is 2. The van der Waals surface area contributed by atoms with Gasteiger partial charge in [0.2, 0.25) is 20.0 Å². The van der Waals surface area contributed by atoms with Crippen molar-refractivity contribution in [3.05, 3.63) is 189 Å². The van der Waals surface area contributed by atoms with Gasteiger partial charge in [-0.25, -0.2) is 44.3 Å². The number of carbonyl (C=O) groups is 4. The highest BCUT2D eigenvalue weighted by molar-refractivity contribution is 7.91. The highest BCUT2D eigenvalue weighted by Crippen LogP contribution is 2.42. The summed E-state index contributed by atoms with van der Waals surface area (Å²) in [7, 11) is -4.83. The summed E-state index contributed by atoms with van der Waals surface area (Å²) in [4.78, 5) is 50.6. The molecular weight excluding hydrogens is 1820 g/mol. The Morgan fingerprint density at radius 3 is 1.13 bits per heavy atom. The van der Waals surface area contributed by atoms with Crippen LogP contribution in [-0.4, -0.2) is 310 Å². The summed E-state index contributed by atoms with van der Waals surface area (Å²) >= 11 is 38.2. The molecule has 3 heterocycles. The van der Waals surface area contributed by atoms with Gasteiger partial charge in [0.15, 0.2) is 33.9 Å². The SMILES string of the molecule is CCOCCCC(=O)[C@@H](O)[C@H](O)C(=O)NCCOCCOCCOCCNS(=O)(=O)c1cccc([C@@H]2CN(C)Cc3c(Cl)cc(Cl)cc32)c1.CCOCCOCCCS(=O)(=O)c1cccc([C@@H]2CN(C)Cc3c(Cl)cc(Cl)cc32)c1.CN1Cc2c(Cl)cc(Cl)cc2[C@H](c2cccc(S(=O)(=O)NCCOCCOCCOCCN)c2)C1.O=C(O)[C@@H](O)[C@H](O)C(=O)O. The lowest BCUT2D eigenvalue weighted by Gasteiger charge is -2.33. The van der Waals surface area contributed by atoms with E-state index in [1.165, 1.54) is 0 Å². The van der Waals surface area contributed by atoms with Crippen molar-refractivity contribution in [2.45, 2.75) is 110 Å². The second-order valence-corrected chi connectivity index (χ2v) is 37.3. The summed E-state index contributed by atoms with van der Waals surface area (Å²) in [5.74, 6) is -5.12. The molecule has 0 unspecified atom stereocenters. The molecule has 0 fully saturated rings. The first-order chi connectivity index (χ1) is 59.5. The van der Waals surface area contributed by atoms with E-state index in [9.17, 15) is 54.6 Å². The van der Waals surface area contributed by atoms with Gasteiger partial charge in [-0.15, -0.1) is 0 Å². The van der Waals surface area contributed by atoms with Gasteiger partial charge in [0, 0.05) is 146 Å². The maximum absolute atomic E-state index is 13.0. The molecule has 6 aromatic carbocycles. The number of ether oxygens (including phenoxy) is 9. The van der Waals surface area contributed by atoms with Gasteiger partial charge in [-0.1, -0.05) is 106 Å². The van der Waals surface area contributed by atoms with Crippen molar-refractivity contribution in [3.63, 3.8) is 0 Å². The number of aliphatic carboxylic acids is 2. The van der Waals surface area contributed by atoms with Crippen molar-refractivity contribution in [1.82, 2.24) is 29.5 Å². The molecule has 0 saturated carbocycles. The Labute approximate surface area is 761 Å². The number of fused-ring (bicyclic) bond motifs is 3. The van der Waals surface area contributed by atoms with E-state index in [-0.39, 0.29) is 106 Å². The van der Waals surface area contributed by atoms with E-state index in [0.29, 0.717) is 147 Å². The predicted octanol–water partition coefficient (Wildman–Crippen LogP) is 7.65. The van der Waals surface area contributed by atoms with Crippen LogP contribution in [0, 0.1) is 0 Å². The molecule has 9 rings (SSSR count). The van der Waals surface area contributed by atoms with Crippen LogP contribution in [0.3, 0.4) is 0 Å². The van der Waals surface area contributed by atoms with Crippen LogP contribution in [0.2, 0.25) is 30.1 Å². The van der Waals surface area contributed by atoms with Crippen molar-refractivity contribution in [2.75, 3.05) is 192 Å². The van der Waals surface area contributed by atoms with Crippen LogP contribution in [0.15, 0.2) is 124 Å². The van der Waals surface area contributed by atoms with Crippen LogP contribution in [0.1, 0.15) is 101 Å². The lowest BCUT2D eigenvalue weighted by atomic mass is 9.85. The number of carboxylic acids is 2. The molecule has 32 nitrogen and oxygen atoms in total. The summed E-state index contributed by atoms with van der Waals surface area (Å²) in [5.41, 5.74) is 14.2. The van der Waals surface area contributed by atoms with Gasteiger partial charge in [-0.2, -0.15) is 0 Å². The molecular formula is C84H115Cl6N7O25S3. The first kappa shape index (κ1) is 108. The number of carboxylic acid groups (broad SMARTS) is 2. The Kier molecular flexibility index (Phi) is 48.4. The fourth-order valence-electron chi connectivity index (χ4n) is 13.4. The molecule has 696 valence electrons. The Hall–Kier alpha value is -5.77. The largest absolute Gasteiger partial charge is 0.479 e. The minimum absolute atomic E-state index is 0.00185. The van der Waals surface area contributed by atoms with Crippen LogP contribution in [-0.2, 0) is 111 Å². The maximum atomic E-state index is 13.0. The van der Waals surface area contributed by atoms with Gasteiger partial charge in [0.25, 0.3) is 5.91 Å². The van der Waals surface area contributed by atoms with E-state index < -0.39 is 77.9 Å². The molecule has 0 bridgehead atoms. The molecule has 0 spiro atoms. The Morgan fingerprint density at radius 1 is 0.424 bits per heavy atom. The number of ketones is 1. The molecule has 3 aliphatic rings. The number of nitrogens with two attached hydrogens (primary N) is 1. The highest BCUT2D eigenvalue weighted by Gasteiger charge is 2.34. The number of nitrogens with one attached hydrogen (secondary N) is 3.